The van der Waals surface area contributed by atoms with Crippen LogP contribution in [-0.2, 0) is 13.1 Å². The summed E-state index contributed by atoms with van der Waals surface area (Å²) in [5.41, 5.74) is 3.47. The third kappa shape index (κ3) is 5.08. The van der Waals surface area contributed by atoms with Crippen molar-refractivity contribution in [2.75, 3.05) is 26.7 Å². The molecular formula is C23H30N4O2. The Kier molecular flexibility index (Phi) is 6.32. The van der Waals surface area contributed by atoms with Crippen LogP contribution in [0.2, 0.25) is 0 Å². The molecule has 3 aromatic rings. The van der Waals surface area contributed by atoms with Gasteiger partial charge in [0, 0.05) is 18.7 Å². The third-order valence-electron chi connectivity index (χ3n) is 5.73. The fraction of sp³-hybridized carbons (Fsp3) is 0.435. The number of nitrogens with one attached hydrogen (secondary N) is 2. The Labute approximate surface area is 172 Å². The van der Waals surface area contributed by atoms with E-state index in [-0.39, 0.29) is 0 Å². The van der Waals surface area contributed by atoms with Crippen molar-refractivity contribution in [3.8, 4) is 17.2 Å². The van der Waals surface area contributed by atoms with Gasteiger partial charge in [0.2, 0.25) is 0 Å². The van der Waals surface area contributed by atoms with Gasteiger partial charge in [-0.15, -0.1) is 0 Å². The van der Waals surface area contributed by atoms with Gasteiger partial charge in [-0.3, -0.25) is 10.00 Å². The number of furan rings is 1. The molecule has 1 aromatic carbocycles. The quantitative estimate of drug-likeness (QED) is 0.605. The summed E-state index contributed by atoms with van der Waals surface area (Å²) in [6.07, 6.45) is 4.36. The Morgan fingerprint density at radius 3 is 2.66 bits per heavy atom. The molecule has 2 aromatic heterocycles. The van der Waals surface area contributed by atoms with Gasteiger partial charge in [0.25, 0.3) is 0 Å². The summed E-state index contributed by atoms with van der Waals surface area (Å²) in [5, 5.41) is 10.9. The maximum Gasteiger partial charge on any atom is 0.152 e. The first-order chi connectivity index (χ1) is 14.2. The van der Waals surface area contributed by atoms with E-state index in [1.807, 2.05) is 37.4 Å². The molecule has 1 fully saturated rings. The van der Waals surface area contributed by atoms with Gasteiger partial charge in [-0.1, -0.05) is 12.1 Å². The molecule has 6 nitrogen and oxygen atoms in total. The lowest BCUT2D eigenvalue weighted by Gasteiger charge is -2.32. The molecule has 154 valence electrons. The summed E-state index contributed by atoms with van der Waals surface area (Å²) >= 11 is 0. The maximum atomic E-state index is 5.73. The lowest BCUT2D eigenvalue weighted by atomic mass is 9.96. The lowest BCUT2D eigenvalue weighted by Crippen LogP contribution is -2.36. The third-order valence-corrected chi connectivity index (χ3v) is 5.73. The van der Waals surface area contributed by atoms with E-state index in [2.05, 4.69) is 32.5 Å². The lowest BCUT2D eigenvalue weighted by molar-refractivity contribution is 0.175. The zero-order chi connectivity index (χ0) is 20.1. The first-order valence-electron chi connectivity index (χ1n) is 10.4. The number of aromatic nitrogens is 2. The predicted octanol–water partition coefficient (Wildman–Crippen LogP) is 3.99. The average molecular weight is 395 g/mol. The number of nitrogens with zero attached hydrogens (tertiary/aromatic N) is 2. The van der Waals surface area contributed by atoms with Gasteiger partial charge >= 0.3 is 0 Å². The number of likely N-dealkylation sites (tertiary alicyclic amines) is 1. The normalized spacial score (nSPS) is 15.7. The van der Waals surface area contributed by atoms with Crippen molar-refractivity contribution in [2.45, 2.75) is 32.9 Å². The number of H-pyrrole nitrogens is 1. The highest BCUT2D eigenvalue weighted by molar-refractivity contribution is 5.56. The van der Waals surface area contributed by atoms with Crippen LogP contribution in [0.5, 0.6) is 5.75 Å². The molecule has 0 aliphatic carbocycles. The Morgan fingerprint density at radius 1 is 1.17 bits per heavy atom. The molecule has 6 heteroatoms. The number of aryl methyl sites for hydroxylation is 1. The van der Waals surface area contributed by atoms with Gasteiger partial charge in [0.05, 0.1) is 13.3 Å². The highest BCUT2D eigenvalue weighted by atomic mass is 16.5. The number of rotatable bonds is 8. The Bertz CT molecular complexity index is 892. The number of benzene rings is 1. The number of aromatic amines is 1. The van der Waals surface area contributed by atoms with Gasteiger partial charge in [-0.2, -0.15) is 5.10 Å². The molecule has 0 spiro atoms. The maximum absolute atomic E-state index is 5.73. The first kappa shape index (κ1) is 19.7. The number of hydrogen-bond acceptors (Lipinski definition) is 5. The Balaban J connectivity index is 1.20. The molecule has 2 N–H and O–H groups in total. The minimum atomic E-state index is 0.725. The van der Waals surface area contributed by atoms with Crippen molar-refractivity contribution in [3.05, 3.63) is 59.5 Å². The molecule has 0 saturated carbocycles. The molecular weight excluding hydrogens is 364 g/mol. The van der Waals surface area contributed by atoms with Crippen LogP contribution < -0.4 is 10.1 Å². The van der Waals surface area contributed by atoms with E-state index in [0.29, 0.717) is 0 Å². The predicted molar refractivity (Wildman–Crippen MR) is 114 cm³/mol. The van der Waals surface area contributed by atoms with E-state index in [0.717, 1.165) is 67.2 Å². The minimum Gasteiger partial charge on any atom is -0.497 e. The van der Waals surface area contributed by atoms with Crippen LogP contribution >= 0.6 is 0 Å². The zero-order valence-electron chi connectivity index (χ0n) is 17.3. The van der Waals surface area contributed by atoms with Crippen molar-refractivity contribution >= 4 is 0 Å². The zero-order valence-corrected chi connectivity index (χ0v) is 17.3. The van der Waals surface area contributed by atoms with Crippen molar-refractivity contribution in [1.82, 2.24) is 20.4 Å². The SMILES string of the molecule is COc1ccc(CN2CCC(CNCc3cn[nH]c3-c3ccc(C)o3)CC2)cc1. The fourth-order valence-corrected chi connectivity index (χ4v) is 3.98. The molecule has 0 radical (unpaired) electrons. The van der Waals surface area contributed by atoms with Crippen molar-refractivity contribution in [2.24, 2.45) is 5.92 Å². The summed E-state index contributed by atoms with van der Waals surface area (Å²) < 4.78 is 11.0. The molecule has 1 aliphatic heterocycles. The molecule has 0 bridgehead atoms. The number of methoxy groups -OCH3 is 1. The van der Waals surface area contributed by atoms with Crippen LogP contribution in [0.1, 0.15) is 29.7 Å². The smallest absolute Gasteiger partial charge is 0.152 e. The standard InChI is InChI=1S/C23H30N4O2/c1-17-3-8-22(29-17)23-20(15-25-26-23)14-24-13-18-9-11-27(12-10-18)16-19-4-6-21(28-2)7-5-19/h3-8,15,18,24H,9-14,16H2,1-2H3,(H,25,26). The highest BCUT2D eigenvalue weighted by Gasteiger charge is 2.19. The molecule has 1 aliphatic rings. The van der Waals surface area contributed by atoms with Crippen LogP contribution in [0.25, 0.3) is 11.5 Å². The van der Waals surface area contributed by atoms with Crippen LogP contribution in [0.4, 0.5) is 0 Å². The van der Waals surface area contributed by atoms with Crippen LogP contribution in [0, 0.1) is 12.8 Å². The van der Waals surface area contributed by atoms with Crippen LogP contribution in [0.3, 0.4) is 0 Å². The molecule has 0 amide bonds. The van der Waals surface area contributed by atoms with E-state index in [9.17, 15) is 0 Å². The molecule has 0 atom stereocenters. The van der Waals surface area contributed by atoms with E-state index < -0.39 is 0 Å². The monoisotopic (exact) mass is 394 g/mol. The van der Waals surface area contributed by atoms with E-state index >= 15 is 0 Å². The van der Waals surface area contributed by atoms with Gasteiger partial charge in [0.1, 0.15) is 17.2 Å². The van der Waals surface area contributed by atoms with Gasteiger partial charge in [-0.05, 0) is 75.1 Å². The summed E-state index contributed by atoms with van der Waals surface area (Å²) in [6, 6.07) is 12.4. The summed E-state index contributed by atoms with van der Waals surface area (Å²) in [6.45, 7) is 7.13. The summed E-state index contributed by atoms with van der Waals surface area (Å²) in [7, 11) is 1.71. The second-order valence-corrected chi connectivity index (χ2v) is 7.88. The van der Waals surface area contributed by atoms with Crippen molar-refractivity contribution in [3.63, 3.8) is 0 Å². The summed E-state index contributed by atoms with van der Waals surface area (Å²) in [5.74, 6) is 3.41. The second kappa shape index (κ2) is 9.29. The van der Waals surface area contributed by atoms with E-state index in [1.165, 1.54) is 18.4 Å². The van der Waals surface area contributed by atoms with Gasteiger partial charge in [0.15, 0.2) is 5.76 Å². The first-order valence-corrected chi connectivity index (χ1v) is 10.4. The fourth-order valence-electron chi connectivity index (χ4n) is 3.98. The van der Waals surface area contributed by atoms with Crippen LogP contribution in [-0.4, -0.2) is 41.8 Å². The topological polar surface area (TPSA) is 66.3 Å². The van der Waals surface area contributed by atoms with Gasteiger partial charge < -0.3 is 14.5 Å². The minimum absolute atomic E-state index is 0.725. The Morgan fingerprint density at radius 2 is 1.97 bits per heavy atom. The van der Waals surface area contributed by atoms with Crippen LogP contribution in [0.15, 0.2) is 47.0 Å². The molecule has 1 saturated heterocycles. The second-order valence-electron chi connectivity index (χ2n) is 7.88. The highest BCUT2D eigenvalue weighted by Crippen LogP contribution is 2.24. The largest absolute Gasteiger partial charge is 0.497 e. The summed E-state index contributed by atoms with van der Waals surface area (Å²) in [4.78, 5) is 2.55. The molecule has 29 heavy (non-hydrogen) atoms. The molecule has 4 rings (SSSR count). The number of ether oxygens (including phenoxy) is 1. The van der Waals surface area contributed by atoms with Gasteiger partial charge in [-0.25, -0.2) is 0 Å². The van der Waals surface area contributed by atoms with Crippen molar-refractivity contribution < 1.29 is 9.15 Å². The molecule has 3 heterocycles. The number of hydrogen-bond donors (Lipinski definition) is 2. The van der Waals surface area contributed by atoms with E-state index in [1.54, 1.807) is 7.11 Å². The van der Waals surface area contributed by atoms with Crippen molar-refractivity contribution in [1.29, 1.82) is 0 Å². The molecule has 0 unspecified atom stereocenters. The number of piperidine rings is 1. The van der Waals surface area contributed by atoms with E-state index in [4.69, 9.17) is 9.15 Å². The Hall–Kier alpha value is -2.57. The average Bonchev–Trinajstić information content (AvgIpc) is 3.38.